The van der Waals surface area contributed by atoms with E-state index in [1.54, 1.807) is 12.1 Å². The van der Waals surface area contributed by atoms with Gasteiger partial charge in [-0.1, -0.05) is 12.1 Å². The smallest absolute Gasteiger partial charge is 0.192 e. The number of hydrogen-bond acceptors (Lipinski definition) is 6. The average molecular weight is 752 g/mol. The summed E-state index contributed by atoms with van der Waals surface area (Å²) in [7, 11) is 0. The molecular weight excluding hydrogens is 744 g/mol. The molecule has 2 aliphatic rings. The number of fused-ring (bicyclic) bond motifs is 2. The molecule has 0 spiro atoms. The lowest BCUT2D eigenvalue weighted by atomic mass is 9.88. The molecule has 0 unspecified atom stereocenters. The van der Waals surface area contributed by atoms with E-state index >= 15 is 0 Å². The minimum atomic E-state index is -5.62. The van der Waals surface area contributed by atoms with E-state index in [-0.39, 0.29) is 46.5 Å². The fourth-order valence-corrected chi connectivity index (χ4v) is 6.18. The summed E-state index contributed by atoms with van der Waals surface area (Å²) < 4.78 is 165. The summed E-state index contributed by atoms with van der Waals surface area (Å²) in [5.74, 6) is 0. The Hall–Kier alpha value is -7.28. The van der Waals surface area contributed by atoms with Gasteiger partial charge in [0.15, 0.2) is 0 Å². The highest BCUT2D eigenvalue weighted by atomic mass is 19.4. The van der Waals surface area contributed by atoms with E-state index in [0.29, 0.717) is 12.1 Å². The third-order valence-electron chi connectivity index (χ3n) is 8.24. The second kappa shape index (κ2) is 12.7. The largest absolute Gasteiger partial charge is 0.417 e. The molecule has 0 fully saturated rings. The highest BCUT2D eigenvalue weighted by Gasteiger charge is 2.46. The van der Waals surface area contributed by atoms with E-state index in [9.17, 15) is 84.3 Å². The topological polar surface area (TPSA) is 143 Å². The SMILES string of the molecule is N#CC(C#N)=C1C(c2ccc(C(F)(F)F)c(C(F)(F)F)c2)=C(C#N)c2cc3c(cc21)C(=C(C#N)C#N)C(c1ccc(C(F)(F)F)c(C(F)(F)F)c1)=C3C#N. The van der Waals surface area contributed by atoms with Gasteiger partial charge in [0.1, 0.15) is 47.6 Å². The number of hydrogen-bond donors (Lipinski definition) is 0. The zero-order chi connectivity index (χ0) is 40.3. The molecule has 266 valence electrons. The van der Waals surface area contributed by atoms with Crippen LogP contribution in [0.25, 0.3) is 33.4 Å². The van der Waals surface area contributed by atoms with Crippen molar-refractivity contribution in [3.8, 4) is 36.4 Å². The molecule has 54 heavy (non-hydrogen) atoms. The van der Waals surface area contributed by atoms with Crippen LogP contribution in [0, 0.1) is 68.0 Å². The Morgan fingerprint density at radius 1 is 0.389 bits per heavy atom. The van der Waals surface area contributed by atoms with Crippen LogP contribution < -0.4 is 0 Å². The molecule has 0 saturated heterocycles. The summed E-state index contributed by atoms with van der Waals surface area (Å²) in [6.07, 6.45) is -22.2. The van der Waals surface area contributed by atoms with Crippen LogP contribution in [0.5, 0.6) is 0 Å². The Morgan fingerprint density at radius 2 is 0.685 bits per heavy atom. The maximum atomic E-state index is 13.9. The summed E-state index contributed by atoms with van der Waals surface area (Å²) >= 11 is 0. The first-order valence-corrected chi connectivity index (χ1v) is 14.2. The molecule has 0 N–H and O–H groups in total. The number of benzene rings is 3. The second-order valence-electron chi connectivity index (χ2n) is 11.1. The fourth-order valence-electron chi connectivity index (χ4n) is 6.18. The van der Waals surface area contributed by atoms with Crippen LogP contribution in [0.3, 0.4) is 0 Å². The molecule has 2 aliphatic carbocycles. The number of nitrogens with zero attached hydrogens (tertiary/aromatic N) is 6. The van der Waals surface area contributed by atoms with E-state index in [0.717, 1.165) is 12.1 Å². The van der Waals surface area contributed by atoms with Crippen LogP contribution in [0.15, 0.2) is 59.7 Å². The first kappa shape index (κ1) is 38.0. The van der Waals surface area contributed by atoms with Crippen molar-refractivity contribution >= 4 is 33.4 Å². The van der Waals surface area contributed by atoms with Crippen molar-refractivity contribution in [2.45, 2.75) is 24.7 Å². The number of allylic oxidation sites excluding steroid dienone is 8. The molecule has 6 nitrogen and oxygen atoms in total. The molecule has 5 rings (SSSR count). The predicted octanol–water partition coefficient (Wildman–Crippen LogP) is 10.3. The zero-order valence-electron chi connectivity index (χ0n) is 25.8. The van der Waals surface area contributed by atoms with Crippen molar-refractivity contribution in [3.63, 3.8) is 0 Å². The van der Waals surface area contributed by atoms with E-state index in [1.165, 1.54) is 24.3 Å². The Labute approximate surface area is 294 Å². The van der Waals surface area contributed by atoms with Crippen molar-refractivity contribution in [3.05, 3.63) is 115 Å². The van der Waals surface area contributed by atoms with Gasteiger partial charge in [0.25, 0.3) is 0 Å². The molecule has 0 saturated carbocycles. The van der Waals surface area contributed by atoms with Crippen molar-refractivity contribution in [1.82, 2.24) is 0 Å². The molecule has 3 aromatic carbocycles. The highest BCUT2D eigenvalue weighted by molar-refractivity contribution is 6.29. The maximum absolute atomic E-state index is 13.9. The Balaban J connectivity index is 1.93. The van der Waals surface area contributed by atoms with Crippen molar-refractivity contribution < 1.29 is 52.7 Å². The van der Waals surface area contributed by atoms with Crippen LogP contribution in [-0.4, -0.2) is 0 Å². The lowest BCUT2D eigenvalue weighted by Crippen LogP contribution is -2.16. The average Bonchev–Trinajstić information content (AvgIpc) is 3.58. The van der Waals surface area contributed by atoms with Gasteiger partial charge >= 0.3 is 24.7 Å². The summed E-state index contributed by atoms with van der Waals surface area (Å²) in [4.78, 5) is 0. The second-order valence-corrected chi connectivity index (χ2v) is 11.1. The minimum absolute atomic E-state index is 0.0395. The number of rotatable bonds is 2. The van der Waals surface area contributed by atoms with E-state index in [1.807, 2.05) is 0 Å². The Bertz CT molecular complexity index is 2390. The standard InChI is InChI=1S/C36H8F12N6/c37-33(38,39)25-3-1-15(5-27(25)35(43,44)45)29-23(13-53)19-7-20-22(8-21(19)31(29)17(9-49)10-50)32(18(11-51)12-52)30(24(20)14-54)16-2-4-26(34(40,41)42)28(6-16)36(46,47)48/h1-8H. The van der Waals surface area contributed by atoms with Crippen molar-refractivity contribution in [2.24, 2.45) is 0 Å². The van der Waals surface area contributed by atoms with Crippen LogP contribution in [0.4, 0.5) is 52.7 Å². The lowest BCUT2D eigenvalue weighted by Gasteiger charge is -2.18. The van der Waals surface area contributed by atoms with Gasteiger partial charge < -0.3 is 0 Å². The first-order valence-electron chi connectivity index (χ1n) is 14.2. The Morgan fingerprint density at radius 3 is 0.944 bits per heavy atom. The van der Waals surface area contributed by atoms with Gasteiger partial charge in [-0.2, -0.15) is 84.3 Å². The summed E-state index contributed by atoms with van der Waals surface area (Å²) in [5, 5.41) is 59.9. The monoisotopic (exact) mass is 752 g/mol. The maximum Gasteiger partial charge on any atom is 0.417 e. The van der Waals surface area contributed by atoms with E-state index in [2.05, 4.69) is 0 Å². The molecule has 0 aromatic heterocycles. The Kier molecular flexibility index (Phi) is 8.96. The molecule has 0 amide bonds. The normalized spacial score (nSPS) is 14.0. The molecule has 0 bridgehead atoms. The number of halogens is 12. The lowest BCUT2D eigenvalue weighted by molar-refractivity contribution is -0.162. The van der Waals surface area contributed by atoms with Gasteiger partial charge in [0.2, 0.25) is 0 Å². The van der Waals surface area contributed by atoms with Crippen molar-refractivity contribution in [2.75, 3.05) is 0 Å². The summed E-state index contributed by atoms with van der Waals surface area (Å²) in [6, 6.07) is 12.4. The van der Waals surface area contributed by atoms with Gasteiger partial charge in [-0.15, -0.1) is 0 Å². The molecule has 3 aromatic rings. The summed E-state index contributed by atoms with van der Waals surface area (Å²) in [5.41, 5.74) is -17.1. The van der Waals surface area contributed by atoms with Gasteiger partial charge in [0, 0.05) is 33.4 Å². The molecule has 0 radical (unpaired) electrons. The van der Waals surface area contributed by atoms with Gasteiger partial charge in [-0.05, 0) is 58.7 Å². The fraction of sp³-hybridized carbons (Fsp3) is 0.111. The van der Waals surface area contributed by atoms with Gasteiger partial charge in [-0.25, -0.2) is 0 Å². The molecule has 0 aliphatic heterocycles. The quantitative estimate of drug-likeness (QED) is 0.188. The molecular formula is C36H8F12N6. The van der Waals surface area contributed by atoms with Gasteiger partial charge in [0.05, 0.1) is 33.4 Å². The number of nitriles is 6. The predicted molar refractivity (Wildman–Crippen MR) is 160 cm³/mol. The van der Waals surface area contributed by atoms with Crippen molar-refractivity contribution in [1.29, 1.82) is 31.6 Å². The van der Waals surface area contributed by atoms with Gasteiger partial charge in [-0.3, -0.25) is 0 Å². The van der Waals surface area contributed by atoms with Crippen LogP contribution in [0.1, 0.15) is 55.6 Å². The third kappa shape index (κ3) is 6.06. The van der Waals surface area contributed by atoms with Crippen LogP contribution in [-0.2, 0) is 24.7 Å². The minimum Gasteiger partial charge on any atom is -0.192 e. The molecule has 0 heterocycles. The molecule has 0 atom stereocenters. The summed E-state index contributed by atoms with van der Waals surface area (Å²) in [6.45, 7) is 0. The molecule has 18 heteroatoms. The zero-order valence-corrected chi connectivity index (χ0v) is 25.8. The van der Waals surface area contributed by atoms with Crippen LogP contribution in [0.2, 0.25) is 0 Å². The van der Waals surface area contributed by atoms with E-state index in [4.69, 9.17) is 0 Å². The van der Waals surface area contributed by atoms with E-state index < -0.39 is 103 Å². The first-order chi connectivity index (χ1) is 25.1. The number of alkyl halides is 12. The highest BCUT2D eigenvalue weighted by Crippen LogP contribution is 2.55. The van der Waals surface area contributed by atoms with Crippen LogP contribution >= 0.6 is 0 Å². The third-order valence-corrected chi connectivity index (χ3v) is 8.24.